The Labute approximate surface area is 117 Å². The first-order chi connectivity index (χ1) is 9.63. The zero-order valence-corrected chi connectivity index (χ0v) is 11.8. The molecule has 9 heteroatoms. The van der Waals surface area contributed by atoms with Crippen LogP contribution in [-0.2, 0) is 9.53 Å². The number of nitrogens with zero attached hydrogens (tertiary/aromatic N) is 2. The molecule has 1 aromatic rings. The minimum absolute atomic E-state index is 0.176. The fourth-order valence-electron chi connectivity index (χ4n) is 1.47. The van der Waals surface area contributed by atoms with E-state index in [1.165, 1.54) is 13.4 Å². The summed E-state index contributed by atoms with van der Waals surface area (Å²) in [6, 6.07) is -0.499. The van der Waals surface area contributed by atoms with Crippen LogP contribution >= 0.6 is 0 Å². The van der Waals surface area contributed by atoms with Crippen LogP contribution in [0.3, 0.4) is 0 Å². The van der Waals surface area contributed by atoms with Gasteiger partial charge in [0, 0.05) is 13.7 Å². The van der Waals surface area contributed by atoms with E-state index in [2.05, 4.69) is 26.0 Å². The van der Waals surface area contributed by atoms with Gasteiger partial charge in [0.15, 0.2) is 11.6 Å². The van der Waals surface area contributed by atoms with Gasteiger partial charge in [0.2, 0.25) is 11.7 Å². The molecule has 1 unspecified atom stereocenters. The first-order valence-corrected chi connectivity index (χ1v) is 6.02. The summed E-state index contributed by atoms with van der Waals surface area (Å²) in [5.74, 6) is 6.20. The van der Waals surface area contributed by atoms with E-state index in [9.17, 15) is 4.79 Å². The van der Waals surface area contributed by atoms with E-state index in [0.717, 1.165) is 0 Å². The van der Waals surface area contributed by atoms with Crippen LogP contribution in [0, 0.1) is 0 Å². The standard InChI is InChI=1S/C11H20N6O3/c1-7(11(18)13-4-5-19-2)16-9-8(20-3)10(17-12)15-6-14-9/h6-7H,4-5,12H2,1-3H3,(H,13,18)(H2,14,15,16,17). The van der Waals surface area contributed by atoms with Crippen molar-refractivity contribution in [3.8, 4) is 5.75 Å². The van der Waals surface area contributed by atoms with Gasteiger partial charge >= 0.3 is 0 Å². The van der Waals surface area contributed by atoms with E-state index >= 15 is 0 Å². The van der Waals surface area contributed by atoms with E-state index in [1.54, 1.807) is 14.0 Å². The minimum Gasteiger partial charge on any atom is -0.490 e. The molecule has 20 heavy (non-hydrogen) atoms. The topological polar surface area (TPSA) is 123 Å². The van der Waals surface area contributed by atoms with E-state index in [4.69, 9.17) is 15.3 Å². The molecule has 0 fully saturated rings. The lowest BCUT2D eigenvalue weighted by atomic mass is 10.3. The molecule has 1 aromatic heterocycles. The molecule has 0 aliphatic carbocycles. The molecule has 0 bridgehead atoms. The van der Waals surface area contributed by atoms with Gasteiger partial charge in [-0.25, -0.2) is 15.8 Å². The molecule has 0 spiro atoms. The summed E-state index contributed by atoms with van der Waals surface area (Å²) in [4.78, 5) is 19.8. The highest BCUT2D eigenvalue weighted by atomic mass is 16.5. The van der Waals surface area contributed by atoms with Crippen molar-refractivity contribution in [1.82, 2.24) is 15.3 Å². The molecule has 1 heterocycles. The van der Waals surface area contributed by atoms with Crippen LogP contribution in [0.4, 0.5) is 11.6 Å². The van der Waals surface area contributed by atoms with Gasteiger partial charge in [0.1, 0.15) is 12.4 Å². The molecule has 0 saturated carbocycles. The molecule has 1 rings (SSSR count). The van der Waals surface area contributed by atoms with Crippen molar-refractivity contribution in [2.24, 2.45) is 5.84 Å². The molecular weight excluding hydrogens is 264 g/mol. The molecule has 1 atom stereocenters. The number of aromatic nitrogens is 2. The highest BCUT2D eigenvalue weighted by molar-refractivity contribution is 5.84. The van der Waals surface area contributed by atoms with Gasteiger partial charge in [-0.15, -0.1) is 0 Å². The second-order valence-electron chi connectivity index (χ2n) is 3.90. The van der Waals surface area contributed by atoms with Crippen molar-refractivity contribution in [3.05, 3.63) is 6.33 Å². The average Bonchev–Trinajstić information content (AvgIpc) is 2.46. The Kier molecular flexibility index (Phi) is 6.47. The second kappa shape index (κ2) is 8.12. The van der Waals surface area contributed by atoms with Gasteiger partial charge in [-0.05, 0) is 6.92 Å². The second-order valence-corrected chi connectivity index (χ2v) is 3.90. The van der Waals surface area contributed by atoms with E-state index < -0.39 is 6.04 Å². The maximum Gasteiger partial charge on any atom is 0.242 e. The first kappa shape index (κ1) is 15.9. The maximum atomic E-state index is 11.8. The molecule has 0 radical (unpaired) electrons. The molecule has 1 amide bonds. The van der Waals surface area contributed by atoms with Crippen LogP contribution in [-0.4, -0.2) is 49.3 Å². The quantitative estimate of drug-likeness (QED) is 0.282. The zero-order valence-electron chi connectivity index (χ0n) is 11.8. The lowest BCUT2D eigenvalue weighted by Crippen LogP contribution is -2.39. The third-order valence-corrected chi connectivity index (χ3v) is 2.50. The number of amides is 1. The van der Waals surface area contributed by atoms with Crippen molar-refractivity contribution in [1.29, 1.82) is 0 Å². The normalized spacial score (nSPS) is 11.6. The van der Waals surface area contributed by atoms with Crippen molar-refractivity contribution < 1.29 is 14.3 Å². The number of hydrazine groups is 1. The van der Waals surface area contributed by atoms with Crippen LogP contribution in [0.5, 0.6) is 5.75 Å². The van der Waals surface area contributed by atoms with Crippen LogP contribution < -0.4 is 26.6 Å². The molecule has 0 aliphatic heterocycles. The fraction of sp³-hybridized carbons (Fsp3) is 0.545. The number of ether oxygens (including phenoxy) is 2. The Hall–Kier alpha value is -2.13. The van der Waals surface area contributed by atoms with Crippen molar-refractivity contribution in [2.45, 2.75) is 13.0 Å². The van der Waals surface area contributed by atoms with Gasteiger partial charge in [0.25, 0.3) is 0 Å². The maximum absolute atomic E-state index is 11.8. The van der Waals surface area contributed by atoms with Gasteiger partial charge < -0.3 is 25.5 Å². The molecule has 5 N–H and O–H groups in total. The number of methoxy groups -OCH3 is 2. The lowest BCUT2D eigenvalue weighted by Gasteiger charge is -2.17. The highest BCUT2D eigenvalue weighted by Gasteiger charge is 2.17. The van der Waals surface area contributed by atoms with E-state index in [1.807, 2.05) is 0 Å². The summed E-state index contributed by atoms with van der Waals surface area (Å²) in [7, 11) is 3.04. The van der Waals surface area contributed by atoms with Gasteiger partial charge in [-0.2, -0.15) is 0 Å². The summed E-state index contributed by atoms with van der Waals surface area (Å²) in [5, 5.41) is 5.66. The first-order valence-electron chi connectivity index (χ1n) is 6.02. The Morgan fingerprint density at radius 3 is 2.70 bits per heavy atom. The van der Waals surface area contributed by atoms with Crippen molar-refractivity contribution >= 4 is 17.5 Å². The summed E-state index contributed by atoms with van der Waals surface area (Å²) in [6.07, 6.45) is 1.32. The Balaban J connectivity index is 2.70. The monoisotopic (exact) mass is 284 g/mol. The molecule has 9 nitrogen and oxygen atoms in total. The SMILES string of the molecule is COCCNC(=O)C(C)Nc1ncnc(NN)c1OC. The summed E-state index contributed by atoms with van der Waals surface area (Å²) in [6.45, 7) is 2.60. The third-order valence-electron chi connectivity index (χ3n) is 2.50. The van der Waals surface area contributed by atoms with E-state index in [0.29, 0.717) is 30.5 Å². The summed E-state index contributed by atoms with van der Waals surface area (Å²) >= 11 is 0. The molecule has 0 aromatic carbocycles. The molecule has 0 saturated heterocycles. The Morgan fingerprint density at radius 1 is 1.40 bits per heavy atom. The largest absolute Gasteiger partial charge is 0.490 e. The minimum atomic E-state index is -0.499. The fourth-order valence-corrected chi connectivity index (χ4v) is 1.47. The zero-order chi connectivity index (χ0) is 15.0. The Morgan fingerprint density at radius 2 is 2.10 bits per heavy atom. The van der Waals surface area contributed by atoms with Crippen LogP contribution in [0.1, 0.15) is 6.92 Å². The number of rotatable bonds is 8. The number of carbonyl (C=O) groups excluding carboxylic acids is 1. The number of hydrogen-bond acceptors (Lipinski definition) is 8. The number of hydrogen-bond donors (Lipinski definition) is 4. The van der Waals surface area contributed by atoms with Crippen LogP contribution in [0.15, 0.2) is 6.33 Å². The van der Waals surface area contributed by atoms with Crippen LogP contribution in [0.2, 0.25) is 0 Å². The lowest BCUT2D eigenvalue weighted by molar-refractivity contribution is -0.121. The Bertz CT molecular complexity index is 442. The predicted octanol–water partition coefficient (Wildman–Crippen LogP) is -0.666. The smallest absolute Gasteiger partial charge is 0.242 e. The van der Waals surface area contributed by atoms with Crippen molar-refractivity contribution in [2.75, 3.05) is 38.1 Å². The van der Waals surface area contributed by atoms with Gasteiger partial charge in [-0.1, -0.05) is 0 Å². The predicted molar refractivity (Wildman–Crippen MR) is 74.4 cm³/mol. The van der Waals surface area contributed by atoms with Crippen LogP contribution in [0.25, 0.3) is 0 Å². The third kappa shape index (κ3) is 4.21. The number of nitrogen functional groups attached to an aromatic ring is 1. The molecule has 0 aliphatic rings. The van der Waals surface area contributed by atoms with Crippen molar-refractivity contribution in [3.63, 3.8) is 0 Å². The number of carbonyl (C=O) groups is 1. The number of nitrogens with two attached hydrogens (primary N) is 1. The number of anilines is 2. The number of nitrogens with one attached hydrogen (secondary N) is 3. The van der Waals surface area contributed by atoms with Gasteiger partial charge in [-0.3, -0.25) is 4.79 Å². The summed E-state index contributed by atoms with van der Waals surface area (Å²) < 4.78 is 10.0. The summed E-state index contributed by atoms with van der Waals surface area (Å²) in [5.41, 5.74) is 2.40. The van der Waals surface area contributed by atoms with Gasteiger partial charge in [0.05, 0.1) is 13.7 Å². The van der Waals surface area contributed by atoms with E-state index in [-0.39, 0.29) is 5.91 Å². The average molecular weight is 284 g/mol. The molecular formula is C11H20N6O3. The highest BCUT2D eigenvalue weighted by Crippen LogP contribution is 2.28. The molecule has 112 valence electrons.